The van der Waals surface area contributed by atoms with E-state index < -0.39 is 11.9 Å². The Bertz CT molecular complexity index is 1970. The van der Waals surface area contributed by atoms with Crippen LogP contribution in [0.4, 0.5) is 35.7 Å². The summed E-state index contributed by atoms with van der Waals surface area (Å²) in [6.45, 7) is 52.7. The molecule has 2 aromatic rings. The van der Waals surface area contributed by atoms with Crippen LogP contribution in [-0.4, -0.2) is 163 Å². The minimum Gasteiger partial charge on any atom is -0.461 e. The number of nitrogens with one attached hydrogen (secondary N) is 6. The summed E-state index contributed by atoms with van der Waals surface area (Å²) in [5, 5.41) is 21.6. The monoisotopic (exact) mass is 1090 g/mol. The predicted octanol–water partition coefficient (Wildman–Crippen LogP) is 8.01. The Morgan fingerprint density at radius 1 is 0.410 bits per heavy atom. The molecule has 0 bridgehead atoms. The molecule has 0 amide bonds. The van der Waals surface area contributed by atoms with Gasteiger partial charge in [-0.05, 0) is 190 Å². The van der Waals surface area contributed by atoms with E-state index in [-0.39, 0.29) is 94.8 Å². The molecule has 0 saturated carbocycles. The van der Waals surface area contributed by atoms with Crippen LogP contribution < -0.4 is 51.5 Å². The second-order valence-electron chi connectivity index (χ2n) is 27.6. The average Bonchev–Trinajstić information content (AvgIpc) is 3.31. The molecule has 6 heterocycles. The number of nitrogens with zero attached hydrogens (tertiary/aromatic N) is 10. The second-order valence-corrected chi connectivity index (χ2v) is 27.6. The number of hydrogen-bond acceptors (Lipinski definition) is 20. The summed E-state index contributed by atoms with van der Waals surface area (Å²) in [6, 6.07) is 0.699. The fraction of sp³-hybridized carbons (Fsp3) is 0.828. The van der Waals surface area contributed by atoms with Gasteiger partial charge in [0.2, 0.25) is 35.7 Å². The Hall–Kier alpha value is -4.66. The van der Waals surface area contributed by atoms with Crippen LogP contribution in [0.25, 0.3) is 0 Å². The van der Waals surface area contributed by atoms with Crippen LogP contribution in [0.3, 0.4) is 0 Å². The van der Waals surface area contributed by atoms with Crippen molar-refractivity contribution in [2.75, 3.05) is 82.7 Å². The van der Waals surface area contributed by atoms with Crippen LogP contribution in [0, 0.1) is 0 Å². The van der Waals surface area contributed by atoms with Crippen molar-refractivity contribution in [3.63, 3.8) is 0 Å². The summed E-state index contributed by atoms with van der Waals surface area (Å²) >= 11 is 0. The van der Waals surface area contributed by atoms with E-state index in [9.17, 15) is 9.59 Å². The quantitative estimate of drug-likeness (QED) is 0.0397. The zero-order valence-electron chi connectivity index (χ0n) is 52.1. The van der Waals surface area contributed by atoms with Crippen molar-refractivity contribution in [3.8, 4) is 0 Å². The minimum atomic E-state index is -0.534. The molecular formula is C58H106N16O4. The van der Waals surface area contributed by atoms with E-state index in [0.29, 0.717) is 61.9 Å². The Kier molecular flexibility index (Phi) is 20.6. The number of carbonyl (C=O) groups is 2. The average molecular weight is 1090 g/mol. The number of piperidine rings is 4. The first-order chi connectivity index (χ1) is 36.1. The Morgan fingerprint density at radius 3 is 0.782 bits per heavy atom. The summed E-state index contributed by atoms with van der Waals surface area (Å²) < 4.78 is 11.2. The van der Waals surface area contributed by atoms with E-state index >= 15 is 0 Å². The van der Waals surface area contributed by atoms with E-state index in [0.717, 1.165) is 51.4 Å². The highest BCUT2D eigenvalue weighted by atomic mass is 16.6. The zero-order valence-corrected chi connectivity index (χ0v) is 52.1. The molecule has 0 unspecified atom stereocenters. The number of carbonyl (C=O) groups excluding carboxylic acids is 2. The van der Waals surface area contributed by atoms with Crippen molar-refractivity contribution in [3.05, 3.63) is 13.2 Å². The van der Waals surface area contributed by atoms with Crippen molar-refractivity contribution in [1.29, 1.82) is 0 Å². The Balaban J connectivity index is 0.00000554. The van der Waals surface area contributed by atoms with E-state index in [2.05, 4.69) is 203 Å². The molecule has 4 aliphatic heterocycles. The highest BCUT2D eigenvalue weighted by Crippen LogP contribution is 2.38. The van der Waals surface area contributed by atoms with Gasteiger partial charge in [-0.1, -0.05) is 0 Å². The minimum absolute atomic E-state index is 0.0898. The largest absolute Gasteiger partial charge is 0.461 e. The molecule has 2 aromatic heterocycles. The molecular weight excluding hydrogens is 985 g/mol. The summed E-state index contributed by atoms with van der Waals surface area (Å²) in [5.74, 6) is 1.84. The van der Waals surface area contributed by atoms with E-state index in [1.54, 1.807) is 0 Å². The Labute approximate surface area is 470 Å². The normalized spacial score (nSPS) is 22.2. The van der Waals surface area contributed by atoms with Gasteiger partial charge >= 0.3 is 11.9 Å². The summed E-state index contributed by atoms with van der Waals surface area (Å²) in [6.07, 6.45) is 7.30. The number of aromatic nitrogens is 6. The van der Waals surface area contributed by atoms with Gasteiger partial charge in [0.05, 0.1) is 0 Å². The molecule has 442 valence electrons. The van der Waals surface area contributed by atoms with Crippen molar-refractivity contribution in [1.82, 2.24) is 51.2 Å². The second kappa shape index (κ2) is 25.0. The van der Waals surface area contributed by atoms with Crippen molar-refractivity contribution in [2.24, 2.45) is 0 Å². The van der Waals surface area contributed by atoms with Crippen LogP contribution >= 0.6 is 0 Å². The number of rotatable bonds is 21. The molecule has 0 spiro atoms. The van der Waals surface area contributed by atoms with Gasteiger partial charge in [-0.25, -0.2) is 0 Å². The molecule has 0 radical (unpaired) electrons. The molecule has 0 aliphatic carbocycles. The van der Waals surface area contributed by atoms with Gasteiger partial charge < -0.3 is 61.0 Å². The highest BCUT2D eigenvalue weighted by molar-refractivity contribution is 5.75. The number of anilines is 6. The maximum Gasteiger partial charge on any atom is 0.325 e. The zero-order chi connectivity index (χ0) is 58.5. The summed E-state index contributed by atoms with van der Waals surface area (Å²) in [4.78, 5) is 66.1. The molecule has 0 atom stereocenters. The molecule has 78 heavy (non-hydrogen) atoms. The van der Waals surface area contributed by atoms with Gasteiger partial charge in [-0.2, -0.15) is 29.9 Å². The van der Waals surface area contributed by atoms with Crippen molar-refractivity contribution >= 4 is 47.6 Å². The third kappa shape index (κ3) is 17.9. The molecule has 20 heteroatoms. The smallest absolute Gasteiger partial charge is 0.325 e. The van der Waals surface area contributed by atoms with Crippen molar-refractivity contribution in [2.45, 2.75) is 258 Å². The summed E-state index contributed by atoms with van der Waals surface area (Å²) in [5.41, 5.74) is -0.718. The van der Waals surface area contributed by atoms with Crippen LogP contribution in [0.5, 0.6) is 0 Å². The molecule has 4 saturated heterocycles. The number of hydrogen-bond donors (Lipinski definition) is 6. The lowest BCUT2D eigenvalue weighted by atomic mass is 9.79. The van der Waals surface area contributed by atoms with E-state index in [4.69, 9.17) is 39.4 Å². The van der Waals surface area contributed by atoms with Gasteiger partial charge in [0.15, 0.2) is 0 Å². The molecule has 6 N–H and O–H groups in total. The molecule has 6 rings (SSSR count). The van der Waals surface area contributed by atoms with Gasteiger partial charge in [0.25, 0.3) is 0 Å². The van der Waals surface area contributed by atoms with Gasteiger partial charge in [-0.15, -0.1) is 13.2 Å². The number of ether oxygens (including phenoxy) is 2. The molecule has 4 aliphatic rings. The lowest BCUT2D eigenvalue weighted by Crippen LogP contribution is -2.62. The van der Waals surface area contributed by atoms with Crippen LogP contribution in [0.15, 0.2) is 13.2 Å². The van der Waals surface area contributed by atoms with E-state index in [1.807, 2.05) is 0 Å². The fourth-order valence-corrected chi connectivity index (χ4v) is 14.3. The molecule has 4 fully saturated rings. The van der Waals surface area contributed by atoms with Gasteiger partial charge in [0.1, 0.15) is 26.3 Å². The van der Waals surface area contributed by atoms with Crippen LogP contribution in [0.1, 0.15) is 190 Å². The molecule has 20 nitrogen and oxygen atoms in total. The first kappa shape index (κ1) is 64.2. The maximum absolute atomic E-state index is 13.3. The lowest BCUT2D eigenvalue weighted by Gasteiger charge is -2.50. The number of esters is 2. The fourth-order valence-electron chi connectivity index (χ4n) is 14.3. The lowest BCUT2D eigenvalue weighted by molar-refractivity contribution is -0.150. The standard InChI is InChI=1S/C56H102N16O4.C2H4/c1-21-69(37-27-49(5,6)65-50(7,8)28-37)45-59-43(60-46(63-45)70(22-2)38-29-51(9,10)66-52(11,12)30-38)57-35-41(73)75-25-26-76-42(74)36-58-44-61-47(71(23-3)39-31-53(13,14)67-54(15,16)32-39)64-48(62-44)72(24-4)40-33-55(17,18)68-56(19,20)34-40;1-2/h37-40,65-68H,21-36H2,1-20H3,(H,57,59,60,63)(H,58,61,62,64);1-2H2. The molecule has 0 aromatic carbocycles. The predicted molar refractivity (Wildman–Crippen MR) is 319 cm³/mol. The Morgan fingerprint density at radius 2 is 0.603 bits per heavy atom. The SMILES string of the molecule is C=C.CCN(c1nc(NCC(=O)OCCOC(=O)CNc2nc(N(CC)C3CC(C)(C)NC(C)(C)C3)nc(N(CC)C3CC(C)(C)NC(C)(C)C3)n2)nc(N(CC)C2CC(C)(C)NC(C)(C)C2)n1)C1CC(C)(C)NC(C)(C)C1. The first-order valence-corrected chi connectivity index (χ1v) is 29.1. The van der Waals surface area contributed by atoms with Crippen LogP contribution in [0.2, 0.25) is 0 Å². The maximum atomic E-state index is 13.3. The van der Waals surface area contributed by atoms with Gasteiger partial charge in [-0.3, -0.25) is 9.59 Å². The third-order valence-electron chi connectivity index (χ3n) is 15.4. The first-order valence-electron chi connectivity index (χ1n) is 29.1. The van der Waals surface area contributed by atoms with Crippen molar-refractivity contribution < 1.29 is 19.1 Å². The highest BCUT2D eigenvalue weighted by Gasteiger charge is 2.45. The topological polar surface area (TPSA) is 215 Å². The van der Waals surface area contributed by atoms with E-state index in [1.165, 1.54) is 0 Å². The third-order valence-corrected chi connectivity index (χ3v) is 15.4. The summed E-state index contributed by atoms with van der Waals surface area (Å²) in [7, 11) is 0. The van der Waals surface area contributed by atoms with Crippen LogP contribution in [-0.2, 0) is 19.1 Å². The van der Waals surface area contributed by atoms with Gasteiger partial charge in [0, 0.05) is 94.7 Å².